The molecule has 3 heterocycles. The molecule has 0 aliphatic heterocycles. The Kier molecular flexibility index (Phi) is 5.45. The predicted molar refractivity (Wildman–Crippen MR) is 196 cm³/mol. The highest BCUT2D eigenvalue weighted by atomic mass is 32.1. The number of thiophene rings is 1. The van der Waals surface area contributed by atoms with Gasteiger partial charge in [0.2, 0.25) is 0 Å². The zero-order chi connectivity index (χ0) is 30.2. The van der Waals surface area contributed by atoms with Crippen LogP contribution in [-0.4, -0.2) is 4.57 Å². The van der Waals surface area contributed by atoms with Gasteiger partial charge in [-0.3, -0.25) is 0 Å². The maximum Gasteiger partial charge on any atom is 0.160 e. The van der Waals surface area contributed by atoms with Crippen molar-refractivity contribution in [1.82, 2.24) is 4.57 Å². The molecule has 0 saturated heterocycles. The molecule has 10 rings (SSSR count). The molecule has 0 N–H and O–H groups in total. The molecule has 10 aromatic rings. The Morgan fingerprint density at radius 2 is 1.17 bits per heavy atom. The smallest absolute Gasteiger partial charge is 0.160 e. The van der Waals surface area contributed by atoms with Crippen molar-refractivity contribution in [2.75, 3.05) is 4.90 Å². The third-order valence-electron chi connectivity index (χ3n) is 9.15. The van der Waals surface area contributed by atoms with Crippen LogP contribution in [0.15, 0.2) is 162 Å². The number of para-hydroxylation sites is 4. The highest BCUT2D eigenvalue weighted by molar-refractivity contribution is 7.25. The quantitative estimate of drug-likeness (QED) is 0.199. The van der Waals surface area contributed by atoms with Gasteiger partial charge in [-0.05, 0) is 60.7 Å². The van der Waals surface area contributed by atoms with E-state index in [4.69, 9.17) is 4.42 Å². The van der Waals surface area contributed by atoms with Gasteiger partial charge in [-0.1, -0.05) is 97.1 Å². The molecule has 0 amide bonds. The van der Waals surface area contributed by atoms with Crippen LogP contribution in [0.2, 0.25) is 0 Å². The SMILES string of the molecule is c1ccc(N(c2ccc3c(c2)sc2ccccc23)c2cc3c4ccccc4oc3c3c2c2ccccc2n3-c2ccccc2)cc1. The fourth-order valence-corrected chi connectivity index (χ4v) is 8.33. The number of fused-ring (bicyclic) bond motifs is 10. The first kappa shape index (κ1) is 25.5. The number of hydrogen-bond donors (Lipinski definition) is 0. The summed E-state index contributed by atoms with van der Waals surface area (Å²) in [5.41, 5.74) is 8.44. The Morgan fingerprint density at radius 1 is 0.500 bits per heavy atom. The summed E-state index contributed by atoms with van der Waals surface area (Å²) in [5, 5.41) is 7.15. The topological polar surface area (TPSA) is 21.3 Å². The van der Waals surface area contributed by atoms with Crippen molar-refractivity contribution in [1.29, 1.82) is 0 Å². The number of benzene rings is 7. The number of anilines is 3. The van der Waals surface area contributed by atoms with Gasteiger partial charge in [0, 0.05) is 58.8 Å². The maximum atomic E-state index is 6.76. The van der Waals surface area contributed by atoms with Gasteiger partial charge < -0.3 is 13.9 Å². The van der Waals surface area contributed by atoms with Crippen LogP contribution in [0.1, 0.15) is 0 Å². The van der Waals surface area contributed by atoms with E-state index in [9.17, 15) is 0 Å². The molecular weight excluding hydrogens is 581 g/mol. The molecule has 0 fully saturated rings. The number of rotatable bonds is 4. The number of aromatic nitrogens is 1. The highest BCUT2D eigenvalue weighted by Gasteiger charge is 2.26. The number of hydrogen-bond acceptors (Lipinski definition) is 3. The highest BCUT2D eigenvalue weighted by Crippen LogP contribution is 2.49. The first-order chi connectivity index (χ1) is 22.8. The fourth-order valence-electron chi connectivity index (χ4n) is 7.19. The molecule has 0 radical (unpaired) electrons. The van der Waals surface area contributed by atoms with Crippen molar-refractivity contribution in [2.45, 2.75) is 0 Å². The Morgan fingerprint density at radius 3 is 2.02 bits per heavy atom. The monoisotopic (exact) mass is 606 g/mol. The lowest BCUT2D eigenvalue weighted by Gasteiger charge is -2.27. The van der Waals surface area contributed by atoms with Crippen LogP contribution in [-0.2, 0) is 0 Å². The molecule has 0 atom stereocenters. The summed E-state index contributed by atoms with van der Waals surface area (Å²) in [6, 6.07) is 56.4. The van der Waals surface area contributed by atoms with Crippen LogP contribution in [0.3, 0.4) is 0 Å². The molecular formula is C42H26N2OS. The summed E-state index contributed by atoms with van der Waals surface area (Å²) < 4.78 is 11.7. The van der Waals surface area contributed by atoms with Gasteiger partial charge in [-0.2, -0.15) is 0 Å². The number of furan rings is 1. The third kappa shape index (κ3) is 3.65. The summed E-state index contributed by atoms with van der Waals surface area (Å²) in [6.45, 7) is 0. The minimum atomic E-state index is 0.888. The van der Waals surface area contributed by atoms with Crippen molar-refractivity contribution >= 4 is 92.3 Å². The van der Waals surface area contributed by atoms with Crippen LogP contribution in [0.4, 0.5) is 17.1 Å². The van der Waals surface area contributed by atoms with E-state index in [1.807, 2.05) is 17.4 Å². The Balaban J connectivity index is 1.39. The van der Waals surface area contributed by atoms with E-state index in [1.54, 1.807) is 0 Å². The minimum Gasteiger partial charge on any atom is -0.454 e. The molecule has 3 aromatic heterocycles. The van der Waals surface area contributed by atoms with Crippen molar-refractivity contribution in [2.24, 2.45) is 0 Å². The predicted octanol–water partition coefficient (Wildman–Crippen LogP) is 12.5. The van der Waals surface area contributed by atoms with Gasteiger partial charge in [0.25, 0.3) is 0 Å². The second-order valence-corrected chi connectivity index (χ2v) is 12.8. The van der Waals surface area contributed by atoms with Crippen LogP contribution < -0.4 is 4.90 Å². The summed E-state index contributed by atoms with van der Waals surface area (Å²) in [7, 11) is 0. The zero-order valence-electron chi connectivity index (χ0n) is 24.7. The molecule has 0 bridgehead atoms. The standard InChI is InChI=1S/C42H26N2OS/c1-3-13-27(14-4-1)43(29-23-24-32-31-18-9-12-22-38(31)46-39(32)25-29)36-26-34-30-17-8-11-21-37(30)45-42(34)41-40(36)33-19-7-10-20-35(33)44(41)28-15-5-2-6-16-28/h1-26H. The zero-order valence-corrected chi connectivity index (χ0v) is 25.5. The fraction of sp³-hybridized carbons (Fsp3) is 0. The Bertz CT molecular complexity index is 2750. The lowest BCUT2D eigenvalue weighted by molar-refractivity contribution is 0.671. The summed E-state index contributed by atoms with van der Waals surface area (Å²) in [6.07, 6.45) is 0. The Labute approximate surface area is 268 Å². The average molecular weight is 607 g/mol. The molecule has 0 saturated carbocycles. The van der Waals surface area contributed by atoms with Crippen LogP contribution in [0, 0.1) is 0 Å². The summed E-state index contributed by atoms with van der Waals surface area (Å²) in [4.78, 5) is 2.43. The third-order valence-corrected chi connectivity index (χ3v) is 10.3. The number of nitrogens with zero attached hydrogens (tertiary/aromatic N) is 2. The second kappa shape index (κ2) is 9.83. The van der Waals surface area contributed by atoms with Gasteiger partial charge in [0.05, 0.1) is 16.7 Å². The molecule has 0 aliphatic rings. The largest absolute Gasteiger partial charge is 0.454 e. The van der Waals surface area contributed by atoms with Gasteiger partial charge in [-0.15, -0.1) is 11.3 Å². The van der Waals surface area contributed by atoms with Crippen LogP contribution in [0.25, 0.3) is 69.6 Å². The van der Waals surface area contributed by atoms with E-state index < -0.39 is 0 Å². The maximum absolute atomic E-state index is 6.76. The normalized spacial score (nSPS) is 11.9. The van der Waals surface area contributed by atoms with E-state index >= 15 is 0 Å². The molecule has 0 spiro atoms. The van der Waals surface area contributed by atoms with Gasteiger partial charge in [-0.25, -0.2) is 0 Å². The van der Waals surface area contributed by atoms with Crippen LogP contribution >= 0.6 is 11.3 Å². The molecule has 0 aliphatic carbocycles. The van der Waals surface area contributed by atoms with E-state index in [0.717, 1.165) is 61.1 Å². The molecule has 4 heteroatoms. The van der Waals surface area contributed by atoms with E-state index in [-0.39, 0.29) is 0 Å². The van der Waals surface area contributed by atoms with Gasteiger partial charge in [0.1, 0.15) is 5.58 Å². The molecule has 3 nitrogen and oxygen atoms in total. The van der Waals surface area contributed by atoms with E-state index in [1.165, 1.54) is 25.6 Å². The summed E-state index contributed by atoms with van der Waals surface area (Å²) >= 11 is 1.85. The van der Waals surface area contributed by atoms with Crippen molar-refractivity contribution in [3.63, 3.8) is 0 Å². The van der Waals surface area contributed by atoms with Crippen molar-refractivity contribution in [3.8, 4) is 5.69 Å². The first-order valence-corrected chi connectivity index (χ1v) is 16.3. The van der Waals surface area contributed by atoms with Gasteiger partial charge >= 0.3 is 0 Å². The van der Waals surface area contributed by atoms with E-state index in [2.05, 4.69) is 161 Å². The lowest BCUT2D eigenvalue weighted by Crippen LogP contribution is -2.10. The molecule has 0 unspecified atom stereocenters. The Hall–Kier alpha value is -5.84. The van der Waals surface area contributed by atoms with Crippen LogP contribution in [0.5, 0.6) is 0 Å². The van der Waals surface area contributed by atoms with Crippen molar-refractivity contribution in [3.05, 3.63) is 158 Å². The molecule has 7 aromatic carbocycles. The first-order valence-electron chi connectivity index (χ1n) is 15.5. The van der Waals surface area contributed by atoms with Gasteiger partial charge in [0.15, 0.2) is 5.58 Å². The average Bonchev–Trinajstić information content (AvgIpc) is 3.79. The summed E-state index contributed by atoms with van der Waals surface area (Å²) in [5.74, 6) is 0. The second-order valence-electron chi connectivity index (χ2n) is 11.7. The molecule has 216 valence electrons. The van der Waals surface area contributed by atoms with E-state index in [0.29, 0.717) is 0 Å². The lowest BCUT2D eigenvalue weighted by atomic mass is 10.0. The van der Waals surface area contributed by atoms with Crippen molar-refractivity contribution < 1.29 is 4.42 Å². The minimum absolute atomic E-state index is 0.888. The molecule has 46 heavy (non-hydrogen) atoms.